The van der Waals surface area contributed by atoms with Crippen molar-refractivity contribution in [1.82, 2.24) is 14.0 Å². The summed E-state index contributed by atoms with van der Waals surface area (Å²) in [5.74, 6) is -0.738. The number of aromatic nitrogens is 2. The molecule has 1 unspecified atom stereocenters. The molecule has 1 aliphatic heterocycles. The van der Waals surface area contributed by atoms with Gasteiger partial charge in [-0.15, -0.1) is 0 Å². The molecule has 1 aliphatic rings. The summed E-state index contributed by atoms with van der Waals surface area (Å²) < 4.78 is 1.92. The van der Waals surface area contributed by atoms with Gasteiger partial charge in [-0.3, -0.25) is 18.7 Å². The molecule has 0 fully saturated rings. The number of hydrogen-bond donors (Lipinski definition) is 1. The van der Waals surface area contributed by atoms with Crippen molar-refractivity contribution in [2.45, 2.75) is 12.6 Å². The number of halogens is 1. The van der Waals surface area contributed by atoms with Crippen molar-refractivity contribution < 1.29 is 9.90 Å². The molecule has 2 aromatic carbocycles. The first-order valence-corrected chi connectivity index (χ1v) is 9.33. The largest absolute Gasteiger partial charge is 0.494 e. The van der Waals surface area contributed by atoms with Gasteiger partial charge in [-0.05, 0) is 23.3 Å². The van der Waals surface area contributed by atoms with Crippen molar-refractivity contribution in [3.63, 3.8) is 0 Å². The van der Waals surface area contributed by atoms with Crippen LogP contribution < -0.4 is 11.2 Å². The molecule has 7 nitrogen and oxygen atoms in total. The Morgan fingerprint density at radius 3 is 2.34 bits per heavy atom. The summed E-state index contributed by atoms with van der Waals surface area (Å²) in [5.41, 5.74) is 0.424. The van der Waals surface area contributed by atoms with Crippen LogP contribution in [0.5, 0.6) is 5.88 Å². The lowest BCUT2D eigenvalue weighted by Gasteiger charge is -2.27. The molecule has 3 aromatic rings. The number of hydrogen-bond acceptors (Lipinski definition) is 4. The lowest BCUT2D eigenvalue weighted by molar-refractivity contribution is 0.0732. The van der Waals surface area contributed by atoms with E-state index in [-0.39, 0.29) is 18.0 Å². The number of carbonyl (C=O) groups is 1. The average Bonchev–Trinajstić information content (AvgIpc) is 2.99. The monoisotopic (exact) mass is 411 g/mol. The number of benzene rings is 2. The van der Waals surface area contributed by atoms with Crippen molar-refractivity contribution in [3.05, 3.63) is 96.6 Å². The topological polar surface area (TPSA) is 84.5 Å². The van der Waals surface area contributed by atoms with Crippen LogP contribution in [0.15, 0.2) is 58.1 Å². The van der Waals surface area contributed by atoms with Crippen LogP contribution in [0.3, 0.4) is 0 Å². The predicted molar refractivity (Wildman–Crippen MR) is 108 cm³/mol. The molecule has 1 amide bonds. The van der Waals surface area contributed by atoms with Crippen molar-refractivity contribution in [2.75, 3.05) is 0 Å². The van der Waals surface area contributed by atoms with E-state index in [2.05, 4.69) is 0 Å². The van der Waals surface area contributed by atoms with Gasteiger partial charge in [0.05, 0.1) is 6.04 Å². The molecule has 1 atom stereocenters. The fraction of sp³-hybridized carbons (Fsp3) is 0.190. The Kier molecular flexibility index (Phi) is 4.55. The van der Waals surface area contributed by atoms with Crippen molar-refractivity contribution in [2.24, 2.45) is 14.1 Å². The van der Waals surface area contributed by atoms with Crippen molar-refractivity contribution >= 4 is 17.5 Å². The highest BCUT2D eigenvalue weighted by atomic mass is 35.5. The van der Waals surface area contributed by atoms with E-state index >= 15 is 0 Å². The minimum absolute atomic E-state index is 0.0278. The fourth-order valence-electron chi connectivity index (χ4n) is 3.75. The van der Waals surface area contributed by atoms with Crippen LogP contribution in [-0.2, 0) is 20.6 Å². The second-order valence-electron chi connectivity index (χ2n) is 6.96. The maximum absolute atomic E-state index is 13.2. The summed E-state index contributed by atoms with van der Waals surface area (Å²) in [6, 6.07) is 13.2. The zero-order valence-electron chi connectivity index (χ0n) is 15.8. The van der Waals surface area contributed by atoms with Crippen LogP contribution >= 0.6 is 11.6 Å². The third kappa shape index (κ3) is 2.86. The summed E-state index contributed by atoms with van der Waals surface area (Å²) >= 11 is 6.29. The molecular formula is C21H18ClN3O4. The molecule has 1 N–H and O–H groups in total. The van der Waals surface area contributed by atoms with E-state index in [9.17, 15) is 19.5 Å². The Morgan fingerprint density at radius 2 is 1.62 bits per heavy atom. The summed E-state index contributed by atoms with van der Waals surface area (Å²) in [6.45, 7) is 0.142. The van der Waals surface area contributed by atoms with Gasteiger partial charge in [0.2, 0.25) is 5.88 Å². The molecule has 0 aliphatic carbocycles. The number of amides is 1. The predicted octanol–water partition coefficient (Wildman–Crippen LogP) is 2.19. The lowest BCUT2D eigenvalue weighted by atomic mass is 9.99. The maximum atomic E-state index is 13.2. The Hall–Kier alpha value is -3.32. The second kappa shape index (κ2) is 6.93. The average molecular weight is 412 g/mol. The first kappa shape index (κ1) is 19.0. The summed E-state index contributed by atoms with van der Waals surface area (Å²) in [5, 5.41) is 11.2. The molecule has 2 heterocycles. The van der Waals surface area contributed by atoms with E-state index in [4.69, 9.17) is 11.6 Å². The molecule has 0 saturated heterocycles. The van der Waals surface area contributed by atoms with Gasteiger partial charge in [-0.25, -0.2) is 4.79 Å². The highest BCUT2D eigenvalue weighted by Crippen LogP contribution is 2.41. The third-order valence-electron chi connectivity index (χ3n) is 5.30. The Morgan fingerprint density at radius 1 is 0.966 bits per heavy atom. The van der Waals surface area contributed by atoms with E-state index in [1.807, 2.05) is 6.07 Å². The van der Waals surface area contributed by atoms with Gasteiger partial charge in [0.25, 0.3) is 11.5 Å². The van der Waals surface area contributed by atoms with E-state index in [1.165, 1.54) is 19.0 Å². The van der Waals surface area contributed by atoms with Gasteiger partial charge in [0.15, 0.2) is 0 Å². The van der Waals surface area contributed by atoms with Gasteiger partial charge >= 0.3 is 5.69 Å². The summed E-state index contributed by atoms with van der Waals surface area (Å²) in [6.07, 6.45) is 0. The molecule has 0 spiro atoms. The molecular weight excluding hydrogens is 394 g/mol. The molecule has 29 heavy (non-hydrogen) atoms. The van der Waals surface area contributed by atoms with Gasteiger partial charge in [0, 0.05) is 31.2 Å². The first-order valence-electron chi connectivity index (χ1n) is 8.95. The van der Waals surface area contributed by atoms with Gasteiger partial charge in [0.1, 0.15) is 5.56 Å². The number of carbonyl (C=O) groups excluding carboxylic acids is 1. The van der Waals surface area contributed by atoms with Crippen molar-refractivity contribution in [3.8, 4) is 5.88 Å². The fourth-order valence-corrected chi connectivity index (χ4v) is 3.95. The first-order chi connectivity index (χ1) is 13.8. The van der Waals surface area contributed by atoms with Crippen LogP contribution in [0, 0.1) is 0 Å². The van der Waals surface area contributed by atoms with Crippen LogP contribution in [-0.4, -0.2) is 25.0 Å². The molecule has 0 bridgehead atoms. The third-order valence-corrected chi connectivity index (χ3v) is 5.67. The lowest BCUT2D eigenvalue weighted by Crippen LogP contribution is -2.41. The SMILES string of the molecule is Cn1c(O)c(C2c3ccccc3C(=O)N2Cc2ccccc2Cl)c(=O)n(C)c1=O. The van der Waals surface area contributed by atoms with Gasteiger partial charge in [-0.1, -0.05) is 48.0 Å². The second-order valence-corrected chi connectivity index (χ2v) is 7.36. The van der Waals surface area contributed by atoms with E-state index < -0.39 is 23.2 Å². The van der Waals surface area contributed by atoms with E-state index in [1.54, 1.807) is 42.5 Å². The molecule has 8 heteroatoms. The number of nitrogens with zero attached hydrogens (tertiary/aromatic N) is 3. The highest BCUT2D eigenvalue weighted by molar-refractivity contribution is 6.31. The van der Waals surface area contributed by atoms with Gasteiger partial charge < -0.3 is 10.0 Å². The highest BCUT2D eigenvalue weighted by Gasteiger charge is 2.41. The Balaban J connectivity index is 1.96. The van der Waals surface area contributed by atoms with Crippen LogP contribution in [0.2, 0.25) is 5.02 Å². The number of rotatable bonds is 3. The Bertz CT molecular complexity index is 1260. The Labute approximate surface area is 171 Å². The summed E-state index contributed by atoms with van der Waals surface area (Å²) in [4.78, 5) is 39.8. The van der Waals surface area contributed by atoms with Crippen molar-refractivity contribution in [1.29, 1.82) is 0 Å². The minimum atomic E-state index is -0.847. The van der Waals surface area contributed by atoms with Crippen LogP contribution in [0.1, 0.15) is 33.1 Å². The zero-order chi connectivity index (χ0) is 20.9. The normalized spacial score (nSPS) is 15.6. The van der Waals surface area contributed by atoms with Gasteiger partial charge in [-0.2, -0.15) is 0 Å². The van der Waals surface area contributed by atoms with Crippen LogP contribution in [0.25, 0.3) is 0 Å². The standard InChI is InChI=1S/C21H18ClN3O4/c1-23-19(27)16(20(28)24(2)21(23)29)17-13-8-4-5-9-14(13)18(26)25(17)11-12-7-3-6-10-15(12)22/h3-10,17,27H,11H2,1-2H3. The molecule has 0 radical (unpaired) electrons. The summed E-state index contributed by atoms with van der Waals surface area (Å²) in [7, 11) is 2.72. The molecule has 0 saturated carbocycles. The molecule has 1 aromatic heterocycles. The number of aromatic hydroxyl groups is 1. The smallest absolute Gasteiger partial charge is 0.333 e. The van der Waals surface area contributed by atoms with Crippen LogP contribution in [0.4, 0.5) is 0 Å². The molecule has 4 rings (SSSR count). The van der Waals surface area contributed by atoms with E-state index in [0.717, 1.165) is 9.13 Å². The minimum Gasteiger partial charge on any atom is -0.494 e. The quantitative estimate of drug-likeness (QED) is 0.716. The maximum Gasteiger partial charge on any atom is 0.333 e. The molecule has 148 valence electrons. The number of fused-ring (bicyclic) bond motifs is 1. The zero-order valence-corrected chi connectivity index (χ0v) is 16.6. The van der Waals surface area contributed by atoms with E-state index in [0.29, 0.717) is 21.7 Å².